The minimum atomic E-state index is -0.968. The van der Waals surface area contributed by atoms with E-state index in [-0.39, 0.29) is 5.56 Å². The Balaban J connectivity index is 1.84. The van der Waals surface area contributed by atoms with Crippen LogP contribution in [0.15, 0.2) is 54.6 Å². The Morgan fingerprint density at radius 1 is 0.880 bits per heavy atom. The van der Waals surface area contributed by atoms with Crippen molar-refractivity contribution in [1.82, 2.24) is 9.97 Å². The van der Waals surface area contributed by atoms with Gasteiger partial charge in [0.05, 0.1) is 5.56 Å². The smallest absolute Gasteiger partial charge is 0.335 e. The molecule has 3 aromatic rings. The monoisotopic (exact) mass is 334 g/mol. The Hall–Kier alpha value is -3.41. The highest BCUT2D eigenvalue weighted by Crippen LogP contribution is 2.21. The van der Waals surface area contributed by atoms with Crippen LogP contribution in [0.4, 0.5) is 23.0 Å². The lowest BCUT2D eigenvalue weighted by atomic mass is 10.2. The van der Waals surface area contributed by atoms with E-state index in [4.69, 9.17) is 5.11 Å². The number of aromatic carboxylic acids is 1. The van der Waals surface area contributed by atoms with Gasteiger partial charge in [-0.1, -0.05) is 18.2 Å². The molecule has 0 spiro atoms. The molecule has 1 heterocycles. The maximum Gasteiger partial charge on any atom is 0.335 e. The lowest BCUT2D eigenvalue weighted by Crippen LogP contribution is -2.02. The van der Waals surface area contributed by atoms with E-state index in [1.165, 1.54) is 0 Å². The first-order chi connectivity index (χ1) is 12.0. The summed E-state index contributed by atoms with van der Waals surface area (Å²) in [4.78, 5) is 19.8. The number of carboxylic acid groups (broad SMARTS) is 1. The molecule has 2 aromatic carbocycles. The van der Waals surface area contributed by atoms with Crippen molar-refractivity contribution in [3.8, 4) is 0 Å². The van der Waals surface area contributed by atoms with E-state index in [2.05, 4.69) is 20.6 Å². The molecule has 6 heteroatoms. The number of hydrogen-bond acceptors (Lipinski definition) is 5. The zero-order chi connectivity index (χ0) is 17.8. The Kier molecular flexibility index (Phi) is 4.61. The Bertz CT molecular complexity index is 925. The molecule has 0 atom stereocenters. The summed E-state index contributed by atoms with van der Waals surface area (Å²) in [6.07, 6.45) is 0. The van der Waals surface area contributed by atoms with Crippen LogP contribution in [0.1, 0.15) is 21.7 Å². The molecule has 0 aliphatic carbocycles. The van der Waals surface area contributed by atoms with Gasteiger partial charge in [0.1, 0.15) is 17.5 Å². The van der Waals surface area contributed by atoms with Gasteiger partial charge in [-0.05, 0) is 49.7 Å². The number of carboxylic acids is 1. The van der Waals surface area contributed by atoms with Crippen LogP contribution in [0.25, 0.3) is 0 Å². The van der Waals surface area contributed by atoms with Crippen molar-refractivity contribution in [3.05, 3.63) is 71.5 Å². The number of carbonyl (C=O) groups is 1. The highest BCUT2D eigenvalue weighted by molar-refractivity contribution is 5.89. The van der Waals surface area contributed by atoms with Gasteiger partial charge in [0.15, 0.2) is 0 Å². The van der Waals surface area contributed by atoms with Crippen LogP contribution in [-0.2, 0) is 0 Å². The van der Waals surface area contributed by atoms with E-state index >= 15 is 0 Å². The molecular weight excluding hydrogens is 316 g/mol. The number of nitrogens with zero attached hydrogens (tertiary/aromatic N) is 2. The molecule has 0 aliphatic heterocycles. The van der Waals surface area contributed by atoms with E-state index in [0.29, 0.717) is 23.1 Å². The normalized spacial score (nSPS) is 10.3. The average Bonchev–Trinajstić information content (AvgIpc) is 2.54. The van der Waals surface area contributed by atoms with Crippen LogP contribution in [0.3, 0.4) is 0 Å². The predicted octanol–water partition coefficient (Wildman–Crippen LogP) is 4.28. The largest absolute Gasteiger partial charge is 0.478 e. The third-order valence-corrected chi connectivity index (χ3v) is 3.51. The zero-order valence-electron chi connectivity index (χ0n) is 13.9. The second-order valence-corrected chi connectivity index (χ2v) is 5.69. The molecule has 6 nitrogen and oxygen atoms in total. The van der Waals surface area contributed by atoms with Gasteiger partial charge in [0.25, 0.3) is 0 Å². The maximum atomic E-state index is 11.1. The third-order valence-electron chi connectivity index (χ3n) is 3.51. The lowest BCUT2D eigenvalue weighted by molar-refractivity contribution is 0.0697. The van der Waals surface area contributed by atoms with Crippen molar-refractivity contribution in [2.45, 2.75) is 13.8 Å². The summed E-state index contributed by atoms with van der Waals surface area (Å²) in [7, 11) is 0. The Morgan fingerprint density at radius 3 is 2.08 bits per heavy atom. The second-order valence-electron chi connectivity index (χ2n) is 5.69. The fourth-order valence-electron chi connectivity index (χ4n) is 2.44. The predicted molar refractivity (Wildman–Crippen MR) is 97.9 cm³/mol. The van der Waals surface area contributed by atoms with Crippen LogP contribution in [0.2, 0.25) is 0 Å². The maximum absolute atomic E-state index is 11.1. The minimum absolute atomic E-state index is 0.217. The van der Waals surface area contributed by atoms with E-state index < -0.39 is 5.97 Å². The summed E-state index contributed by atoms with van der Waals surface area (Å²) in [6, 6.07) is 16.4. The topological polar surface area (TPSA) is 87.1 Å². The lowest BCUT2D eigenvalue weighted by Gasteiger charge is -2.11. The van der Waals surface area contributed by atoms with Crippen molar-refractivity contribution >= 4 is 29.0 Å². The van der Waals surface area contributed by atoms with E-state index in [1.807, 2.05) is 31.2 Å². The molecule has 0 bridgehead atoms. The van der Waals surface area contributed by atoms with Crippen molar-refractivity contribution in [3.63, 3.8) is 0 Å². The molecule has 3 rings (SSSR count). The fraction of sp³-hybridized carbons (Fsp3) is 0.105. The van der Waals surface area contributed by atoms with Crippen molar-refractivity contribution in [2.75, 3.05) is 10.6 Å². The van der Waals surface area contributed by atoms with Gasteiger partial charge < -0.3 is 15.7 Å². The van der Waals surface area contributed by atoms with Crippen molar-refractivity contribution < 1.29 is 9.90 Å². The standard InChI is InChI=1S/C19H18N4O2/c1-12-5-3-7-15(9-12)22-17-11-18(21-13(2)20-17)23-16-8-4-6-14(10-16)19(24)25/h3-11H,1-2H3,(H,24,25)(H2,20,21,22,23). The SMILES string of the molecule is Cc1cccc(Nc2cc(Nc3cccc(C(=O)O)c3)nc(C)n2)c1. The summed E-state index contributed by atoms with van der Waals surface area (Å²) >= 11 is 0. The van der Waals surface area contributed by atoms with Gasteiger partial charge in [0, 0.05) is 17.4 Å². The highest BCUT2D eigenvalue weighted by Gasteiger charge is 2.06. The average molecular weight is 334 g/mol. The number of aromatic nitrogens is 2. The van der Waals surface area contributed by atoms with Gasteiger partial charge in [-0.3, -0.25) is 0 Å². The third kappa shape index (κ3) is 4.32. The minimum Gasteiger partial charge on any atom is -0.478 e. The summed E-state index contributed by atoms with van der Waals surface area (Å²) in [5, 5.41) is 15.5. The Labute approximate surface area is 145 Å². The first kappa shape index (κ1) is 16.4. The van der Waals surface area contributed by atoms with E-state index in [0.717, 1.165) is 11.3 Å². The van der Waals surface area contributed by atoms with Crippen LogP contribution >= 0.6 is 0 Å². The zero-order valence-corrected chi connectivity index (χ0v) is 13.9. The summed E-state index contributed by atoms with van der Waals surface area (Å²) in [6.45, 7) is 3.83. The highest BCUT2D eigenvalue weighted by atomic mass is 16.4. The number of nitrogens with one attached hydrogen (secondary N) is 2. The van der Waals surface area contributed by atoms with Gasteiger partial charge in [-0.15, -0.1) is 0 Å². The molecule has 0 radical (unpaired) electrons. The van der Waals surface area contributed by atoms with Gasteiger partial charge >= 0.3 is 5.97 Å². The molecule has 3 N–H and O–H groups in total. The first-order valence-corrected chi connectivity index (χ1v) is 7.79. The molecule has 126 valence electrons. The van der Waals surface area contributed by atoms with Crippen molar-refractivity contribution in [2.24, 2.45) is 0 Å². The summed E-state index contributed by atoms with van der Waals surface area (Å²) < 4.78 is 0. The molecule has 0 fully saturated rings. The van der Waals surface area contributed by atoms with Gasteiger partial charge in [-0.25, -0.2) is 14.8 Å². The van der Waals surface area contributed by atoms with Crippen LogP contribution < -0.4 is 10.6 Å². The molecule has 0 amide bonds. The summed E-state index contributed by atoms with van der Waals surface area (Å²) in [5.74, 6) is 0.888. The molecule has 1 aromatic heterocycles. The quantitative estimate of drug-likeness (QED) is 0.645. The van der Waals surface area contributed by atoms with Gasteiger partial charge in [0.2, 0.25) is 0 Å². The van der Waals surface area contributed by atoms with Crippen LogP contribution in [0, 0.1) is 13.8 Å². The van der Waals surface area contributed by atoms with E-state index in [1.54, 1.807) is 37.3 Å². The van der Waals surface area contributed by atoms with Crippen molar-refractivity contribution in [1.29, 1.82) is 0 Å². The number of anilines is 4. The molecule has 0 aliphatic rings. The molecule has 0 saturated heterocycles. The van der Waals surface area contributed by atoms with Gasteiger partial charge in [-0.2, -0.15) is 0 Å². The fourth-order valence-corrected chi connectivity index (χ4v) is 2.44. The molecule has 25 heavy (non-hydrogen) atoms. The molecule has 0 unspecified atom stereocenters. The van der Waals surface area contributed by atoms with Crippen LogP contribution in [0.5, 0.6) is 0 Å². The Morgan fingerprint density at radius 2 is 1.48 bits per heavy atom. The first-order valence-electron chi connectivity index (χ1n) is 7.79. The number of aryl methyl sites for hydroxylation is 2. The number of hydrogen-bond donors (Lipinski definition) is 3. The number of rotatable bonds is 5. The summed E-state index contributed by atoms with van der Waals surface area (Å²) in [5.41, 5.74) is 2.96. The molecule has 0 saturated carbocycles. The van der Waals surface area contributed by atoms with E-state index in [9.17, 15) is 4.79 Å². The number of benzene rings is 2. The van der Waals surface area contributed by atoms with Crippen LogP contribution in [-0.4, -0.2) is 21.0 Å². The second kappa shape index (κ2) is 7.00. The molecular formula is C19H18N4O2.